The number of methoxy groups -OCH3 is 1. The van der Waals surface area contributed by atoms with Crippen molar-refractivity contribution in [1.82, 2.24) is 9.97 Å². The molecule has 1 heterocycles. The van der Waals surface area contributed by atoms with Crippen LogP contribution in [0.2, 0.25) is 0 Å². The number of hydrogen-bond donors (Lipinski definition) is 1. The van der Waals surface area contributed by atoms with Crippen molar-refractivity contribution in [3.05, 3.63) is 46.5 Å². The number of benzene rings is 1. The van der Waals surface area contributed by atoms with Crippen LogP contribution >= 0.6 is 0 Å². The van der Waals surface area contributed by atoms with Crippen molar-refractivity contribution in [2.75, 3.05) is 7.11 Å². The van der Waals surface area contributed by atoms with E-state index >= 15 is 0 Å². The quantitative estimate of drug-likeness (QED) is 0.907. The van der Waals surface area contributed by atoms with Crippen molar-refractivity contribution in [3.63, 3.8) is 0 Å². The number of ether oxygens (including phenoxy) is 2. The van der Waals surface area contributed by atoms with Crippen molar-refractivity contribution in [2.24, 2.45) is 0 Å². The van der Waals surface area contributed by atoms with Gasteiger partial charge in [0.25, 0.3) is 11.4 Å². The summed E-state index contributed by atoms with van der Waals surface area (Å²) in [7, 11) is 1.24. The molecular formula is C11H8F2N2O3. The van der Waals surface area contributed by atoms with Gasteiger partial charge in [-0.05, 0) is 12.1 Å². The fourth-order valence-corrected chi connectivity index (χ4v) is 1.29. The predicted molar refractivity (Wildman–Crippen MR) is 57.8 cm³/mol. The van der Waals surface area contributed by atoms with Crippen LogP contribution in [0.5, 0.6) is 17.4 Å². The van der Waals surface area contributed by atoms with Crippen LogP contribution in [0.15, 0.2) is 29.3 Å². The van der Waals surface area contributed by atoms with E-state index in [0.29, 0.717) is 0 Å². The highest BCUT2D eigenvalue weighted by Gasteiger charge is 2.15. The molecule has 0 spiro atoms. The third-order valence-electron chi connectivity index (χ3n) is 2.10. The summed E-state index contributed by atoms with van der Waals surface area (Å²) in [4.78, 5) is 17.3. The molecule has 2 aromatic rings. The van der Waals surface area contributed by atoms with Crippen molar-refractivity contribution >= 4 is 0 Å². The zero-order valence-electron chi connectivity index (χ0n) is 9.24. The van der Waals surface area contributed by atoms with E-state index in [9.17, 15) is 13.6 Å². The smallest absolute Gasteiger partial charge is 0.297 e. The molecule has 0 bridgehead atoms. The minimum atomic E-state index is -1.17. The van der Waals surface area contributed by atoms with Gasteiger partial charge in [-0.25, -0.2) is 9.37 Å². The molecule has 0 amide bonds. The summed E-state index contributed by atoms with van der Waals surface area (Å²) in [5, 5.41) is 0. The summed E-state index contributed by atoms with van der Waals surface area (Å²) in [6.45, 7) is 0. The molecule has 0 saturated carbocycles. The second kappa shape index (κ2) is 4.82. The molecule has 7 heteroatoms. The summed E-state index contributed by atoms with van der Waals surface area (Å²) in [5.74, 6) is -3.07. The van der Waals surface area contributed by atoms with Gasteiger partial charge in [-0.2, -0.15) is 4.39 Å². The Morgan fingerprint density at radius 2 is 2.11 bits per heavy atom. The van der Waals surface area contributed by atoms with E-state index in [2.05, 4.69) is 9.97 Å². The fraction of sp³-hybridized carbons (Fsp3) is 0.0909. The number of nitrogens with zero attached hydrogens (tertiary/aromatic N) is 1. The first-order chi connectivity index (χ1) is 8.63. The molecule has 0 aliphatic rings. The van der Waals surface area contributed by atoms with Crippen molar-refractivity contribution in [1.29, 1.82) is 0 Å². The minimum Gasteiger partial charge on any atom is -0.487 e. The molecule has 5 nitrogen and oxygen atoms in total. The topological polar surface area (TPSA) is 64.2 Å². The molecule has 0 aliphatic heterocycles. The van der Waals surface area contributed by atoms with Crippen LogP contribution in [0.3, 0.4) is 0 Å². The number of aromatic nitrogens is 2. The fourth-order valence-electron chi connectivity index (χ4n) is 1.29. The standard InChI is InChI=1S/C11H8F2N2O3/c1-17-9-10(16)14-5-15-11(9)18-7-4-2-3-6(12)8(7)13/h2-5H,1H3,(H,14,15,16). The molecule has 18 heavy (non-hydrogen) atoms. The summed E-state index contributed by atoms with van der Waals surface area (Å²) in [5.41, 5.74) is -0.584. The molecule has 0 radical (unpaired) electrons. The van der Waals surface area contributed by atoms with Crippen LogP contribution in [0, 0.1) is 11.6 Å². The minimum absolute atomic E-state index is 0.221. The summed E-state index contributed by atoms with van der Waals surface area (Å²) in [6.07, 6.45) is 1.07. The molecule has 0 atom stereocenters. The lowest BCUT2D eigenvalue weighted by atomic mass is 10.3. The Morgan fingerprint density at radius 1 is 1.33 bits per heavy atom. The molecule has 0 saturated heterocycles. The highest BCUT2D eigenvalue weighted by Crippen LogP contribution is 2.28. The monoisotopic (exact) mass is 254 g/mol. The Balaban J connectivity index is 2.43. The van der Waals surface area contributed by atoms with E-state index in [1.807, 2.05) is 0 Å². The second-order valence-electron chi connectivity index (χ2n) is 3.22. The SMILES string of the molecule is COc1c(Oc2cccc(F)c2F)nc[nH]c1=O. The van der Waals surface area contributed by atoms with Crippen molar-refractivity contribution in [3.8, 4) is 17.4 Å². The summed E-state index contributed by atoms with van der Waals surface area (Å²) < 4.78 is 36.1. The van der Waals surface area contributed by atoms with E-state index in [0.717, 1.165) is 12.4 Å². The predicted octanol–water partition coefficient (Wildman–Crippen LogP) is 1.85. The van der Waals surface area contributed by atoms with Gasteiger partial charge in [-0.15, -0.1) is 0 Å². The van der Waals surface area contributed by atoms with Gasteiger partial charge in [0.05, 0.1) is 13.4 Å². The van der Waals surface area contributed by atoms with Crippen LogP contribution in [0.4, 0.5) is 8.78 Å². The maximum absolute atomic E-state index is 13.4. The van der Waals surface area contributed by atoms with Crippen LogP contribution in [0.1, 0.15) is 0 Å². The first-order valence-electron chi connectivity index (χ1n) is 4.87. The number of nitrogens with one attached hydrogen (secondary N) is 1. The molecule has 1 aromatic carbocycles. The summed E-state index contributed by atoms with van der Waals surface area (Å²) in [6, 6.07) is 3.43. The van der Waals surface area contributed by atoms with E-state index in [4.69, 9.17) is 9.47 Å². The Hall–Kier alpha value is -2.44. The van der Waals surface area contributed by atoms with Gasteiger partial charge >= 0.3 is 0 Å². The normalized spacial score (nSPS) is 10.2. The Labute approximate surface area is 100 Å². The summed E-state index contributed by atoms with van der Waals surface area (Å²) >= 11 is 0. The van der Waals surface area contributed by atoms with E-state index in [-0.39, 0.29) is 17.4 Å². The van der Waals surface area contributed by atoms with Gasteiger partial charge < -0.3 is 14.5 Å². The first-order valence-corrected chi connectivity index (χ1v) is 4.87. The van der Waals surface area contributed by atoms with E-state index in [1.165, 1.54) is 19.2 Å². The molecule has 0 fully saturated rings. The van der Waals surface area contributed by atoms with Gasteiger partial charge in [0, 0.05) is 0 Å². The molecule has 94 valence electrons. The van der Waals surface area contributed by atoms with Crippen molar-refractivity contribution in [2.45, 2.75) is 0 Å². The maximum Gasteiger partial charge on any atom is 0.297 e. The second-order valence-corrected chi connectivity index (χ2v) is 3.22. The average molecular weight is 254 g/mol. The largest absolute Gasteiger partial charge is 0.487 e. The van der Waals surface area contributed by atoms with Gasteiger partial charge in [0.15, 0.2) is 11.6 Å². The number of rotatable bonds is 3. The number of H-pyrrole nitrogens is 1. The molecule has 2 rings (SSSR count). The van der Waals surface area contributed by atoms with Crippen molar-refractivity contribution < 1.29 is 18.3 Å². The zero-order chi connectivity index (χ0) is 13.1. The maximum atomic E-state index is 13.4. The lowest BCUT2D eigenvalue weighted by Gasteiger charge is -2.08. The van der Waals surface area contributed by atoms with Crippen LogP contribution in [-0.4, -0.2) is 17.1 Å². The average Bonchev–Trinajstić information content (AvgIpc) is 2.35. The molecule has 0 unspecified atom stereocenters. The number of halogens is 2. The van der Waals surface area contributed by atoms with Gasteiger partial charge in [-0.1, -0.05) is 6.07 Å². The lowest BCUT2D eigenvalue weighted by molar-refractivity contribution is 0.350. The number of aromatic amines is 1. The number of hydrogen-bond acceptors (Lipinski definition) is 4. The Bertz CT molecular complexity index is 628. The van der Waals surface area contributed by atoms with Gasteiger partial charge in [0.2, 0.25) is 11.6 Å². The molecule has 1 aromatic heterocycles. The van der Waals surface area contributed by atoms with E-state index < -0.39 is 17.2 Å². The lowest BCUT2D eigenvalue weighted by Crippen LogP contribution is -2.11. The molecule has 1 N–H and O–H groups in total. The third kappa shape index (κ3) is 2.15. The van der Waals surface area contributed by atoms with Crippen LogP contribution in [-0.2, 0) is 0 Å². The zero-order valence-corrected chi connectivity index (χ0v) is 9.24. The highest BCUT2D eigenvalue weighted by atomic mass is 19.2. The van der Waals surface area contributed by atoms with Crippen LogP contribution < -0.4 is 15.0 Å². The first kappa shape index (κ1) is 12.0. The molecule has 0 aliphatic carbocycles. The Kier molecular flexibility index (Phi) is 3.22. The van der Waals surface area contributed by atoms with E-state index in [1.54, 1.807) is 0 Å². The van der Waals surface area contributed by atoms with Gasteiger partial charge in [-0.3, -0.25) is 4.79 Å². The third-order valence-corrected chi connectivity index (χ3v) is 2.10. The molecular weight excluding hydrogens is 246 g/mol. The van der Waals surface area contributed by atoms with Crippen LogP contribution in [0.25, 0.3) is 0 Å². The van der Waals surface area contributed by atoms with Gasteiger partial charge in [0.1, 0.15) is 0 Å². The highest BCUT2D eigenvalue weighted by molar-refractivity contribution is 5.35. The Morgan fingerprint density at radius 3 is 2.83 bits per heavy atom.